The molecule has 0 bridgehead atoms. The number of piperidine rings is 2. The fourth-order valence-corrected chi connectivity index (χ4v) is 6.52. The summed E-state index contributed by atoms with van der Waals surface area (Å²) >= 11 is 0. The van der Waals surface area contributed by atoms with Gasteiger partial charge in [-0.2, -0.15) is 0 Å². The number of likely N-dealkylation sites (N-methyl/N-ethyl adjacent to an activating group) is 1. The van der Waals surface area contributed by atoms with Crippen LogP contribution in [-0.2, 0) is 42.7 Å². The topological polar surface area (TPSA) is 190 Å². The summed E-state index contributed by atoms with van der Waals surface area (Å²) in [4.78, 5) is 103. The number of hydrogen-bond acceptors (Lipinski definition) is 14. The zero-order valence-corrected chi connectivity index (χ0v) is 34.4. The Labute approximate surface area is 337 Å². The molecule has 4 heterocycles. The molecular formula is C35H48BN5NaO12. The van der Waals surface area contributed by atoms with E-state index >= 15 is 0 Å². The minimum absolute atomic E-state index is 0. The minimum Gasteiger partial charge on any atom is -0.642 e. The molecule has 5 rings (SSSR count). The number of benzene rings is 1. The van der Waals surface area contributed by atoms with Crippen LogP contribution in [0.25, 0.3) is 0 Å². The molecule has 3 saturated heterocycles. The van der Waals surface area contributed by atoms with E-state index in [0.29, 0.717) is 17.0 Å². The molecule has 0 aromatic heterocycles. The second-order valence-electron chi connectivity index (χ2n) is 14.4. The first-order chi connectivity index (χ1) is 24.8. The van der Waals surface area contributed by atoms with Crippen molar-refractivity contribution in [3.63, 3.8) is 0 Å². The molecule has 4 aliphatic heterocycles. The fraction of sp³-hybridized carbons (Fsp3) is 0.600. The van der Waals surface area contributed by atoms with Gasteiger partial charge in [-0.05, 0) is 64.2 Å². The number of likely N-dealkylation sites (tertiary alicyclic amines) is 2. The van der Waals surface area contributed by atoms with Gasteiger partial charge in [0.1, 0.15) is 11.6 Å². The molecule has 0 saturated carbocycles. The fourth-order valence-electron chi connectivity index (χ4n) is 6.52. The molecule has 0 N–H and O–H groups in total. The molecule has 1 aromatic rings. The summed E-state index contributed by atoms with van der Waals surface area (Å²) < 4.78 is 18.5. The number of anilines is 1. The zero-order valence-electron chi connectivity index (χ0n) is 32.4. The molecule has 1 radical (unpaired) electrons. The molecule has 1 atom stereocenters. The Hall–Kier alpha value is -4.00. The van der Waals surface area contributed by atoms with E-state index < -0.39 is 54.6 Å². The molecule has 19 heteroatoms. The third-order valence-corrected chi connectivity index (χ3v) is 9.14. The molecule has 4 aliphatic rings. The number of carbonyl (C=O) groups excluding carboxylic acids is 8. The number of imide groups is 2. The summed E-state index contributed by atoms with van der Waals surface area (Å²) in [5, 5.41) is 0. The molecule has 17 nitrogen and oxygen atoms in total. The molecule has 0 aliphatic carbocycles. The van der Waals surface area contributed by atoms with Gasteiger partial charge in [-0.15, -0.1) is 0 Å². The van der Waals surface area contributed by atoms with Gasteiger partial charge in [0.2, 0.25) is 5.91 Å². The van der Waals surface area contributed by atoms with Crippen molar-refractivity contribution < 1.29 is 86.6 Å². The van der Waals surface area contributed by atoms with Gasteiger partial charge in [0, 0.05) is 85.7 Å². The molecule has 1 unspecified atom stereocenters. The van der Waals surface area contributed by atoms with Gasteiger partial charge < -0.3 is 28.5 Å². The quantitative estimate of drug-likeness (QED) is 0.239. The van der Waals surface area contributed by atoms with Gasteiger partial charge in [-0.1, -0.05) is 0 Å². The van der Waals surface area contributed by atoms with E-state index in [1.807, 2.05) is 31.7 Å². The number of nitrogens with zero attached hydrogens (tertiary/aromatic N) is 5. The average Bonchev–Trinajstić information content (AvgIpc) is 3.31. The first kappa shape index (κ1) is 44.4. The van der Waals surface area contributed by atoms with E-state index in [4.69, 9.17) is 4.74 Å². The summed E-state index contributed by atoms with van der Waals surface area (Å²) in [6.07, 6.45) is 1.97. The Bertz CT molecular complexity index is 1580. The van der Waals surface area contributed by atoms with Crippen molar-refractivity contribution in [1.29, 1.82) is 0 Å². The van der Waals surface area contributed by atoms with Gasteiger partial charge in [0.05, 0.1) is 11.1 Å². The summed E-state index contributed by atoms with van der Waals surface area (Å²) in [5.41, 5.74) is 1.02. The van der Waals surface area contributed by atoms with Crippen LogP contribution in [-0.4, -0.2) is 139 Å². The van der Waals surface area contributed by atoms with Crippen LogP contribution in [0.3, 0.4) is 0 Å². The van der Waals surface area contributed by atoms with Crippen molar-refractivity contribution >= 4 is 60.6 Å². The van der Waals surface area contributed by atoms with Gasteiger partial charge >= 0.3 is 43.0 Å². The molecular weight excluding hydrogens is 716 g/mol. The number of hydrogen-bond donors (Lipinski definition) is 0. The van der Waals surface area contributed by atoms with E-state index in [-0.39, 0.29) is 54.4 Å². The third kappa shape index (κ3) is 11.8. The van der Waals surface area contributed by atoms with Crippen LogP contribution in [0.5, 0.6) is 0 Å². The maximum atomic E-state index is 13.3. The van der Waals surface area contributed by atoms with Crippen LogP contribution in [0.2, 0.25) is 0 Å². The zero-order chi connectivity index (χ0) is 39.2. The maximum Gasteiger partial charge on any atom is 1.00 e. The largest absolute Gasteiger partial charge is 1.00 e. The Balaban J connectivity index is 0.000000481. The van der Waals surface area contributed by atoms with E-state index in [0.717, 1.165) is 94.9 Å². The van der Waals surface area contributed by atoms with Gasteiger partial charge in [-0.3, -0.25) is 48.3 Å². The third-order valence-electron chi connectivity index (χ3n) is 9.14. The van der Waals surface area contributed by atoms with Crippen LogP contribution in [0, 0.1) is 5.92 Å². The Morgan fingerprint density at radius 2 is 1.31 bits per heavy atom. The average molecular weight is 765 g/mol. The molecule has 0 spiro atoms. The van der Waals surface area contributed by atoms with Crippen molar-refractivity contribution in [2.45, 2.75) is 78.9 Å². The Morgan fingerprint density at radius 1 is 0.778 bits per heavy atom. The minimum atomic E-state index is -1.59. The van der Waals surface area contributed by atoms with Crippen LogP contribution < -0.4 is 34.5 Å². The van der Waals surface area contributed by atoms with Crippen molar-refractivity contribution in [3.8, 4) is 0 Å². The van der Waals surface area contributed by atoms with Crippen LogP contribution in [0.15, 0.2) is 18.2 Å². The number of rotatable bonds is 7. The van der Waals surface area contributed by atoms with E-state index in [2.05, 4.69) is 23.8 Å². The van der Waals surface area contributed by atoms with E-state index in [1.165, 1.54) is 7.05 Å². The Morgan fingerprint density at radius 3 is 1.83 bits per heavy atom. The number of amides is 5. The first-order valence-corrected chi connectivity index (χ1v) is 17.6. The first-order valence-electron chi connectivity index (χ1n) is 17.6. The van der Waals surface area contributed by atoms with Crippen molar-refractivity contribution in [3.05, 3.63) is 29.3 Å². The van der Waals surface area contributed by atoms with Crippen LogP contribution >= 0.6 is 0 Å². The molecule has 3 fully saturated rings. The smallest absolute Gasteiger partial charge is 0.642 e. The monoisotopic (exact) mass is 764 g/mol. The van der Waals surface area contributed by atoms with Gasteiger partial charge in [0.15, 0.2) is 0 Å². The number of fused-ring (bicyclic) bond motifs is 1. The summed E-state index contributed by atoms with van der Waals surface area (Å²) in [7, 11) is -0.202. The number of piperazine rings is 1. The van der Waals surface area contributed by atoms with E-state index in [1.54, 1.807) is 12.1 Å². The standard InChI is InChI=1S/C29H39N5O6.C6H9BO6.Na/c1-29(2,3)40-28(39)33-11-9-19(10-12-33)18-31-13-15-32(16-14-31)20-5-6-21-22(17-20)26(37)34(25(21)36)23-7-8-24(35)30(4)27(23)38;1-4(8)11-7(12-5(2)9)13-6(3)10;/h5-6,17,19,23H,7-16,18H2,1-4H3;1-3H3;/q;-1;+1. The van der Waals surface area contributed by atoms with Gasteiger partial charge in [-0.25, -0.2) is 4.79 Å². The van der Waals surface area contributed by atoms with Crippen LogP contribution in [0.1, 0.15) is 87.9 Å². The van der Waals surface area contributed by atoms with Crippen LogP contribution in [0.4, 0.5) is 10.5 Å². The predicted molar refractivity (Wildman–Crippen MR) is 188 cm³/mol. The molecule has 289 valence electrons. The normalized spacial score (nSPS) is 19.4. The predicted octanol–water partition coefficient (Wildman–Crippen LogP) is -1.14. The molecule has 54 heavy (non-hydrogen) atoms. The summed E-state index contributed by atoms with van der Waals surface area (Å²) in [5.74, 6) is -3.37. The second-order valence-corrected chi connectivity index (χ2v) is 14.4. The maximum absolute atomic E-state index is 13.3. The van der Waals surface area contributed by atoms with Gasteiger partial charge in [0.25, 0.3) is 35.6 Å². The van der Waals surface area contributed by atoms with E-state index in [9.17, 15) is 38.4 Å². The second kappa shape index (κ2) is 19.0. The summed E-state index contributed by atoms with van der Waals surface area (Å²) in [6.45, 7) is 14.8. The summed E-state index contributed by atoms with van der Waals surface area (Å²) in [6, 6.07) is 4.36. The number of carbonyl (C=O) groups is 8. The molecule has 5 amide bonds. The number of ether oxygens (including phenoxy) is 1. The molecule has 1 aromatic carbocycles. The SMILES string of the molecule is CC(=O)O[B-](OC(C)=O)OC(C)=O.CN1C(=O)CCC(N2C(=O)c3ccc(N4CCN(CC5CCN(C(=O)OC(C)(C)C)CC5)CC4)cc3C2=O)C1=O.[Na+]. The van der Waals surface area contributed by atoms with Crippen molar-refractivity contribution in [2.24, 2.45) is 5.92 Å². The van der Waals surface area contributed by atoms with Crippen molar-refractivity contribution in [1.82, 2.24) is 19.6 Å². The van der Waals surface area contributed by atoms with Crippen molar-refractivity contribution in [2.75, 3.05) is 57.8 Å². The Kier molecular flexibility index (Phi) is 15.7.